The highest BCUT2D eigenvalue weighted by Crippen LogP contribution is 2.17. The molecule has 1 unspecified atom stereocenters. The molecule has 2 rings (SSSR count). The van der Waals surface area contributed by atoms with Crippen LogP contribution in [0.4, 0.5) is 0 Å². The number of hydrogen-bond donors (Lipinski definition) is 0. The molecule has 1 heterocycles. The van der Waals surface area contributed by atoms with Crippen LogP contribution in [0.1, 0.15) is 38.2 Å². The molecule has 1 aliphatic rings. The standard InChI is InChI=1S/C17H25NO3S/c1-15-8-5-6-12-18(15)17(19)14-22(20,21)13-7-11-16-9-3-2-4-10-16/h2-4,9-10,15H,5-8,11-14H2,1H3. The molecule has 1 aliphatic heterocycles. The topological polar surface area (TPSA) is 54.5 Å². The zero-order valence-corrected chi connectivity index (χ0v) is 14.0. The lowest BCUT2D eigenvalue weighted by Crippen LogP contribution is -2.44. The SMILES string of the molecule is CC1CCCCN1C(=O)CS(=O)(=O)CCCc1ccccc1. The van der Waals surface area contributed by atoms with Gasteiger partial charge in [-0.3, -0.25) is 4.79 Å². The van der Waals surface area contributed by atoms with Crippen molar-refractivity contribution in [3.63, 3.8) is 0 Å². The lowest BCUT2D eigenvalue weighted by Gasteiger charge is -2.33. The predicted octanol–water partition coefficient (Wildman–Crippen LogP) is 2.44. The van der Waals surface area contributed by atoms with Gasteiger partial charge in [-0.25, -0.2) is 8.42 Å². The fourth-order valence-corrected chi connectivity index (χ4v) is 4.22. The zero-order valence-electron chi connectivity index (χ0n) is 13.2. The van der Waals surface area contributed by atoms with Crippen molar-refractivity contribution in [3.05, 3.63) is 35.9 Å². The highest BCUT2D eigenvalue weighted by molar-refractivity contribution is 7.92. The minimum atomic E-state index is -3.31. The molecule has 0 aliphatic carbocycles. The van der Waals surface area contributed by atoms with Gasteiger partial charge in [0.2, 0.25) is 5.91 Å². The van der Waals surface area contributed by atoms with Crippen LogP contribution >= 0.6 is 0 Å². The average Bonchev–Trinajstić information content (AvgIpc) is 2.48. The molecule has 0 aromatic heterocycles. The molecular formula is C17H25NO3S. The molecule has 4 nitrogen and oxygen atoms in total. The van der Waals surface area contributed by atoms with Crippen molar-refractivity contribution in [1.82, 2.24) is 4.90 Å². The van der Waals surface area contributed by atoms with Gasteiger partial charge in [0.05, 0.1) is 5.75 Å². The molecular weight excluding hydrogens is 298 g/mol. The molecule has 0 N–H and O–H groups in total. The number of amides is 1. The number of likely N-dealkylation sites (tertiary alicyclic amines) is 1. The first-order valence-electron chi connectivity index (χ1n) is 8.02. The molecule has 0 saturated carbocycles. The number of nitrogens with zero attached hydrogens (tertiary/aromatic N) is 1. The Balaban J connectivity index is 1.81. The molecule has 5 heteroatoms. The van der Waals surface area contributed by atoms with Crippen molar-refractivity contribution >= 4 is 15.7 Å². The second-order valence-corrected chi connectivity index (χ2v) is 8.30. The smallest absolute Gasteiger partial charge is 0.238 e. The summed E-state index contributed by atoms with van der Waals surface area (Å²) in [5.41, 5.74) is 1.13. The van der Waals surface area contributed by atoms with Crippen molar-refractivity contribution < 1.29 is 13.2 Å². The Morgan fingerprint density at radius 1 is 1.23 bits per heavy atom. The van der Waals surface area contributed by atoms with Crippen LogP contribution < -0.4 is 0 Å². The van der Waals surface area contributed by atoms with E-state index in [0.717, 1.165) is 31.2 Å². The van der Waals surface area contributed by atoms with E-state index in [1.807, 2.05) is 37.3 Å². The fraction of sp³-hybridized carbons (Fsp3) is 0.588. The van der Waals surface area contributed by atoms with Crippen LogP contribution in [-0.4, -0.2) is 43.3 Å². The average molecular weight is 323 g/mol. The number of carbonyl (C=O) groups is 1. The van der Waals surface area contributed by atoms with Crippen molar-refractivity contribution in [3.8, 4) is 0 Å². The van der Waals surface area contributed by atoms with E-state index in [4.69, 9.17) is 0 Å². The fourth-order valence-electron chi connectivity index (χ4n) is 2.95. The first-order valence-corrected chi connectivity index (χ1v) is 9.84. The second kappa shape index (κ2) is 7.77. The van der Waals surface area contributed by atoms with E-state index < -0.39 is 9.84 Å². The molecule has 1 atom stereocenters. The molecule has 1 aromatic carbocycles. The van der Waals surface area contributed by atoms with Gasteiger partial charge >= 0.3 is 0 Å². The summed E-state index contributed by atoms with van der Waals surface area (Å²) >= 11 is 0. The minimum absolute atomic E-state index is 0.0792. The number of sulfone groups is 1. The third kappa shape index (κ3) is 5.13. The van der Waals surface area contributed by atoms with Gasteiger partial charge in [0.25, 0.3) is 0 Å². The number of benzene rings is 1. The Labute approximate surface area is 133 Å². The maximum atomic E-state index is 12.2. The van der Waals surface area contributed by atoms with Crippen LogP contribution in [0.5, 0.6) is 0 Å². The quantitative estimate of drug-likeness (QED) is 0.808. The Morgan fingerprint density at radius 3 is 2.64 bits per heavy atom. The van der Waals surface area contributed by atoms with Crippen molar-refractivity contribution in [2.75, 3.05) is 18.1 Å². The summed E-state index contributed by atoms with van der Waals surface area (Å²) in [7, 11) is -3.31. The van der Waals surface area contributed by atoms with Gasteiger partial charge in [-0.2, -0.15) is 0 Å². The molecule has 0 radical (unpaired) electrons. The first kappa shape index (κ1) is 17.0. The van der Waals surface area contributed by atoms with Gasteiger partial charge in [-0.05, 0) is 44.6 Å². The highest BCUT2D eigenvalue weighted by Gasteiger charge is 2.26. The summed E-state index contributed by atoms with van der Waals surface area (Å²) < 4.78 is 24.3. The van der Waals surface area contributed by atoms with Gasteiger partial charge in [-0.15, -0.1) is 0 Å². The lowest BCUT2D eigenvalue weighted by molar-refractivity contribution is -0.131. The number of rotatable bonds is 6. The van der Waals surface area contributed by atoms with E-state index in [-0.39, 0.29) is 23.5 Å². The second-order valence-electron chi connectivity index (χ2n) is 6.11. The Bertz CT molecular complexity index is 583. The Kier molecular flexibility index (Phi) is 6.00. The number of aryl methyl sites for hydroxylation is 1. The summed E-state index contributed by atoms with van der Waals surface area (Å²) in [6.07, 6.45) is 4.36. The lowest BCUT2D eigenvalue weighted by atomic mass is 10.0. The Morgan fingerprint density at radius 2 is 1.95 bits per heavy atom. The van der Waals surface area contributed by atoms with E-state index in [0.29, 0.717) is 13.0 Å². The van der Waals surface area contributed by atoms with Crippen LogP contribution in [0, 0.1) is 0 Å². The van der Waals surface area contributed by atoms with Gasteiger partial charge in [0, 0.05) is 12.6 Å². The highest BCUT2D eigenvalue weighted by atomic mass is 32.2. The zero-order chi connectivity index (χ0) is 16.0. The molecule has 22 heavy (non-hydrogen) atoms. The van der Waals surface area contributed by atoms with E-state index >= 15 is 0 Å². The van der Waals surface area contributed by atoms with E-state index in [1.54, 1.807) is 4.90 Å². The molecule has 1 aromatic rings. The third-order valence-corrected chi connectivity index (χ3v) is 5.83. The largest absolute Gasteiger partial charge is 0.339 e. The summed E-state index contributed by atoms with van der Waals surface area (Å²) in [6.45, 7) is 2.69. The van der Waals surface area contributed by atoms with Crippen LogP contribution in [0.2, 0.25) is 0 Å². The molecule has 1 amide bonds. The summed E-state index contributed by atoms with van der Waals surface area (Å²) in [6, 6.07) is 10.00. The molecule has 0 bridgehead atoms. The van der Waals surface area contributed by atoms with E-state index in [1.165, 1.54) is 0 Å². The van der Waals surface area contributed by atoms with Crippen LogP contribution in [0.15, 0.2) is 30.3 Å². The molecule has 1 saturated heterocycles. The van der Waals surface area contributed by atoms with Crippen molar-refractivity contribution in [1.29, 1.82) is 0 Å². The summed E-state index contributed by atoms with van der Waals surface area (Å²) in [4.78, 5) is 13.9. The van der Waals surface area contributed by atoms with Gasteiger partial charge in [-0.1, -0.05) is 30.3 Å². The van der Waals surface area contributed by atoms with Crippen LogP contribution in [0.25, 0.3) is 0 Å². The number of carbonyl (C=O) groups excluding carboxylic acids is 1. The van der Waals surface area contributed by atoms with Gasteiger partial charge in [0.15, 0.2) is 9.84 Å². The number of piperidine rings is 1. The van der Waals surface area contributed by atoms with E-state index in [2.05, 4.69) is 0 Å². The maximum Gasteiger partial charge on any atom is 0.238 e. The third-order valence-electron chi connectivity index (χ3n) is 4.23. The number of hydrogen-bond acceptors (Lipinski definition) is 3. The summed E-state index contributed by atoms with van der Waals surface area (Å²) in [5, 5.41) is 0. The monoisotopic (exact) mass is 323 g/mol. The van der Waals surface area contributed by atoms with Crippen LogP contribution in [-0.2, 0) is 21.1 Å². The normalized spacial score (nSPS) is 19.1. The first-order chi connectivity index (χ1) is 10.5. The van der Waals surface area contributed by atoms with Crippen LogP contribution in [0.3, 0.4) is 0 Å². The summed E-state index contributed by atoms with van der Waals surface area (Å²) in [5.74, 6) is -0.492. The maximum absolute atomic E-state index is 12.2. The van der Waals surface area contributed by atoms with E-state index in [9.17, 15) is 13.2 Å². The van der Waals surface area contributed by atoms with Gasteiger partial charge in [0.1, 0.15) is 5.75 Å². The molecule has 0 spiro atoms. The van der Waals surface area contributed by atoms with Crippen molar-refractivity contribution in [2.24, 2.45) is 0 Å². The molecule has 1 fully saturated rings. The minimum Gasteiger partial charge on any atom is -0.339 e. The molecule has 122 valence electrons. The predicted molar refractivity (Wildman–Crippen MR) is 88.4 cm³/mol. The van der Waals surface area contributed by atoms with Crippen molar-refractivity contribution in [2.45, 2.75) is 45.1 Å². The Hall–Kier alpha value is -1.36. The van der Waals surface area contributed by atoms with Gasteiger partial charge < -0.3 is 4.90 Å².